The van der Waals surface area contributed by atoms with Crippen molar-refractivity contribution in [3.8, 4) is 28.6 Å². The molecule has 1 unspecified atom stereocenters. The van der Waals surface area contributed by atoms with E-state index in [4.69, 9.17) is 26.4 Å². The number of likely N-dealkylation sites (tertiary alicyclic amines) is 1. The number of hydrogen-bond donors (Lipinski definition) is 1. The van der Waals surface area contributed by atoms with E-state index < -0.39 is 0 Å². The van der Waals surface area contributed by atoms with Crippen LogP contribution in [0.15, 0.2) is 42.5 Å². The molecule has 7 nitrogen and oxygen atoms in total. The Balaban J connectivity index is 1.36. The molecule has 2 aliphatic heterocycles. The van der Waals surface area contributed by atoms with Gasteiger partial charge < -0.3 is 14.2 Å². The minimum absolute atomic E-state index is 0.296. The highest BCUT2D eigenvalue weighted by molar-refractivity contribution is 7.71. The summed E-state index contributed by atoms with van der Waals surface area (Å²) in [6, 6.07) is 14.3. The number of aromatic nitrogens is 3. The van der Waals surface area contributed by atoms with Gasteiger partial charge in [0.25, 0.3) is 0 Å². The van der Waals surface area contributed by atoms with Gasteiger partial charge in [-0.05, 0) is 67.0 Å². The third-order valence-corrected chi connectivity index (χ3v) is 5.82. The van der Waals surface area contributed by atoms with E-state index in [-0.39, 0.29) is 0 Å². The lowest BCUT2D eigenvalue weighted by atomic mass is 10.0. The second kappa shape index (κ2) is 7.53. The van der Waals surface area contributed by atoms with Crippen LogP contribution in [-0.2, 0) is 6.67 Å². The Bertz CT molecular complexity index is 1080. The number of nitrogens with zero attached hydrogens (tertiary/aromatic N) is 3. The minimum Gasteiger partial charge on any atom is -0.497 e. The topological polar surface area (TPSA) is 64.5 Å². The van der Waals surface area contributed by atoms with Crippen molar-refractivity contribution in [1.82, 2.24) is 19.7 Å². The molecular weight excluding hydrogens is 388 g/mol. The van der Waals surface area contributed by atoms with Crippen LogP contribution in [0, 0.1) is 4.77 Å². The number of ether oxygens (including phenoxy) is 3. The third-order valence-electron chi connectivity index (χ3n) is 5.51. The van der Waals surface area contributed by atoms with Gasteiger partial charge in [0, 0.05) is 18.2 Å². The number of H-pyrrole nitrogens is 1. The van der Waals surface area contributed by atoms with E-state index in [1.807, 2.05) is 35.0 Å². The third kappa shape index (κ3) is 3.49. The van der Waals surface area contributed by atoms with E-state index in [2.05, 4.69) is 27.1 Å². The molecule has 1 aromatic heterocycles. The summed E-state index contributed by atoms with van der Waals surface area (Å²) in [6.45, 7) is 1.98. The van der Waals surface area contributed by atoms with Gasteiger partial charge in [-0.2, -0.15) is 4.98 Å². The molecule has 2 aromatic carbocycles. The minimum atomic E-state index is 0.296. The van der Waals surface area contributed by atoms with Crippen LogP contribution in [0.2, 0.25) is 0 Å². The second-order valence-electron chi connectivity index (χ2n) is 7.24. The molecule has 8 heteroatoms. The number of methoxy groups -OCH3 is 1. The predicted octanol–water partition coefficient (Wildman–Crippen LogP) is 4.14. The average molecular weight is 410 g/mol. The summed E-state index contributed by atoms with van der Waals surface area (Å²) in [4.78, 5) is 6.96. The zero-order chi connectivity index (χ0) is 19.8. The molecule has 0 radical (unpaired) electrons. The van der Waals surface area contributed by atoms with Gasteiger partial charge in [-0.15, -0.1) is 0 Å². The van der Waals surface area contributed by atoms with Crippen molar-refractivity contribution in [2.45, 2.75) is 25.6 Å². The van der Waals surface area contributed by atoms with E-state index in [1.54, 1.807) is 7.11 Å². The van der Waals surface area contributed by atoms with Gasteiger partial charge >= 0.3 is 0 Å². The normalized spacial score (nSPS) is 18.3. The van der Waals surface area contributed by atoms with Crippen molar-refractivity contribution in [3.05, 3.63) is 52.8 Å². The van der Waals surface area contributed by atoms with Crippen LogP contribution in [0.25, 0.3) is 11.4 Å². The van der Waals surface area contributed by atoms with Crippen molar-refractivity contribution in [3.63, 3.8) is 0 Å². The Hall–Kier alpha value is -2.84. The zero-order valence-electron chi connectivity index (χ0n) is 16.1. The fraction of sp³-hybridized carbons (Fsp3) is 0.333. The summed E-state index contributed by atoms with van der Waals surface area (Å²) in [5.74, 6) is 3.22. The van der Waals surface area contributed by atoms with Gasteiger partial charge in [-0.1, -0.05) is 6.07 Å². The van der Waals surface area contributed by atoms with Gasteiger partial charge in [-0.25, -0.2) is 4.68 Å². The smallest absolute Gasteiger partial charge is 0.231 e. The molecule has 29 heavy (non-hydrogen) atoms. The first-order valence-corrected chi connectivity index (χ1v) is 10.1. The van der Waals surface area contributed by atoms with E-state index in [0.717, 1.165) is 48.0 Å². The summed E-state index contributed by atoms with van der Waals surface area (Å²) in [7, 11) is 1.66. The van der Waals surface area contributed by atoms with Gasteiger partial charge in [0.05, 0.1) is 13.8 Å². The lowest BCUT2D eigenvalue weighted by Crippen LogP contribution is -2.26. The number of aromatic amines is 1. The SMILES string of the molecule is COc1ccc(-c2nc(=S)n(CN3CCCC3c3ccc4c(c3)OCO4)[nH]2)cc1. The van der Waals surface area contributed by atoms with Crippen LogP contribution in [0.4, 0.5) is 0 Å². The molecule has 0 saturated carbocycles. The first kappa shape index (κ1) is 18.2. The number of hydrogen-bond acceptors (Lipinski definition) is 6. The Kier molecular flexibility index (Phi) is 4.73. The molecule has 0 amide bonds. The Labute approximate surface area is 173 Å². The van der Waals surface area contributed by atoms with Crippen molar-refractivity contribution in [1.29, 1.82) is 0 Å². The molecule has 1 fully saturated rings. The Morgan fingerprint density at radius 3 is 2.83 bits per heavy atom. The fourth-order valence-electron chi connectivity index (χ4n) is 4.01. The summed E-state index contributed by atoms with van der Waals surface area (Å²) in [5.41, 5.74) is 2.22. The summed E-state index contributed by atoms with van der Waals surface area (Å²) >= 11 is 5.51. The molecular formula is C21H22N4O3S. The van der Waals surface area contributed by atoms with Crippen LogP contribution in [0.5, 0.6) is 17.2 Å². The van der Waals surface area contributed by atoms with E-state index in [0.29, 0.717) is 24.3 Å². The van der Waals surface area contributed by atoms with Crippen LogP contribution in [-0.4, -0.2) is 40.1 Å². The van der Waals surface area contributed by atoms with E-state index in [1.165, 1.54) is 5.56 Å². The van der Waals surface area contributed by atoms with Crippen molar-refractivity contribution >= 4 is 12.2 Å². The molecule has 3 aromatic rings. The summed E-state index contributed by atoms with van der Waals surface area (Å²) < 4.78 is 18.7. The molecule has 0 spiro atoms. The molecule has 1 saturated heterocycles. The molecule has 3 heterocycles. The molecule has 1 atom stereocenters. The lowest BCUT2D eigenvalue weighted by molar-refractivity contribution is 0.173. The second-order valence-corrected chi connectivity index (χ2v) is 7.60. The first-order valence-electron chi connectivity index (χ1n) is 9.66. The lowest BCUT2D eigenvalue weighted by Gasteiger charge is -2.25. The monoisotopic (exact) mass is 410 g/mol. The highest BCUT2D eigenvalue weighted by Crippen LogP contribution is 2.39. The maximum absolute atomic E-state index is 5.55. The average Bonchev–Trinajstić information content (AvgIpc) is 3.48. The largest absolute Gasteiger partial charge is 0.497 e. The van der Waals surface area contributed by atoms with Crippen molar-refractivity contribution < 1.29 is 14.2 Å². The molecule has 150 valence electrons. The number of benzene rings is 2. The molecule has 1 N–H and O–H groups in total. The molecule has 0 bridgehead atoms. The first-order chi connectivity index (χ1) is 14.2. The van der Waals surface area contributed by atoms with Crippen LogP contribution < -0.4 is 14.2 Å². The molecule has 2 aliphatic rings. The Morgan fingerprint density at radius 2 is 2.00 bits per heavy atom. The van der Waals surface area contributed by atoms with E-state index in [9.17, 15) is 0 Å². The highest BCUT2D eigenvalue weighted by Gasteiger charge is 2.28. The summed E-state index contributed by atoms with van der Waals surface area (Å²) in [5, 5.41) is 3.35. The predicted molar refractivity (Wildman–Crippen MR) is 111 cm³/mol. The summed E-state index contributed by atoms with van der Waals surface area (Å²) in [6.07, 6.45) is 2.25. The standard InChI is InChI=1S/C21H22N4O3S/c1-26-16-7-4-14(5-8-16)20-22-21(29)25(23-20)12-24-10-2-3-17(24)15-6-9-18-19(11-15)28-13-27-18/h4-9,11,17H,2-3,10,12-13H2,1H3,(H,22,23,29). The number of fused-ring (bicyclic) bond motifs is 1. The van der Waals surface area contributed by atoms with Gasteiger partial charge in [0.15, 0.2) is 17.3 Å². The van der Waals surface area contributed by atoms with Gasteiger partial charge in [0.1, 0.15) is 5.75 Å². The maximum Gasteiger partial charge on any atom is 0.231 e. The Morgan fingerprint density at radius 1 is 1.17 bits per heavy atom. The van der Waals surface area contributed by atoms with Crippen molar-refractivity contribution in [2.75, 3.05) is 20.4 Å². The van der Waals surface area contributed by atoms with E-state index >= 15 is 0 Å². The van der Waals surface area contributed by atoms with Gasteiger partial charge in [-0.3, -0.25) is 10.00 Å². The highest BCUT2D eigenvalue weighted by atomic mass is 32.1. The number of rotatable bonds is 5. The quantitative estimate of drug-likeness (QED) is 0.638. The van der Waals surface area contributed by atoms with Gasteiger partial charge in [0.2, 0.25) is 11.6 Å². The van der Waals surface area contributed by atoms with Crippen molar-refractivity contribution in [2.24, 2.45) is 0 Å². The molecule has 5 rings (SSSR count). The fourth-order valence-corrected chi connectivity index (χ4v) is 4.20. The van der Waals surface area contributed by atoms with Crippen LogP contribution in [0.3, 0.4) is 0 Å². The maximum atomic E-state index is 5.55. The zero-order valence-corrected chi connectivity index (χ0v) is 16.9. The van der Waals surface area contributed by atoms with Crippen LogP contribution in [0.1, 0.15) is 24.4 Å². The number of nitrogens with one attached hydrogen (secondary N) is 1. The molecule has 0 aliphatic carbocycles. The van der Waals surface area contributed by atoms with Crippen LogP contribution >= 0.6 is 12.2 Å².